The van der Waals surface area contributed by atoms with Crippen LogP contribution in [0.5, 0.6) is 0 Å². The van der Waals surface area contributed by atoms with Crippen molar-refractivity contribution in [2.75, 3.05) is 6.54 Å². The zero-order valence-corrected chi connectivity index (χ0v) is 11.7. The predicted octanol–water partition coefficient (Wildman–Crippen LogP) is 1.40. The van der Waals surface area contributed by atoms with Gasteiger partial charge in [0.25, 0.3) is 0 Å². The second kappa shape index (κ2) is 5.91. The van der Waals surface area contributed by atoms with Crippen molar-refractivity contribution >= 4 is 12.0 Å². The molecule has 106 valence electrons. The molecule has 1 fully saturated rings. The maximum atomic E-state index is 12.0. The van der Waals surface area contributed by atoms with Gasteiger partial charge >= 0.3 is 6.09 Å². The van der Waals surface area contributed by atoms with E-state index in [9.17, 15) is 9.59 Å². The van der Waals surface area contributed by atoms with Crippen molar-refractivity contribution in [3.8, 4) is 6.07 Å². The zero-order chi connectivity index (χ0) is 14.6. The van der Waals surface area contributed by atoms with E-state index in [-0.39, 0.29) is 12.5 Å². The van der Waals surface area contributed by atoms with E-state index in [1.54, 1.807) is 25.7 Å². The molecule has 0 saturated carbocycles. The molecular formula is C13H21N3O3. The quantitative estimate of drug-likeness (QED) is 0.835. The fourth-order valence-electron chi connectivity index (χ4n) is 2.15. The molecule has 2 amide bonds. The summed E-state index contributed by atoms with van der Waals surface area (Å²) in [7, 11) is 0. The van der Waals surface area contributed by atoms with E-state index >= 15 is 0 Å². The number of hydrogen-bond acceptors (Lipinski definition) is 4. The van der Waals surface area contributed by atoms with Gasteiger partial charge in [-0.15, -0.1) is 0 Å². The van der Waals surface area contributed by atoms with Crippen LogP contribution < -0.4 is 5.73 Å². The Morgan fingerprint density at radius 2 is 2.16 bits per heavy atom. The number of carbonyl (C=O) groups is 2. The van der Waals surface area contributed by atoms with E-state index < -0.39 is 23.5 Å². The summed E-state index contributed by atoms with van der Waals surface area (Å²) in [5.41, 5.74) is 4.60. The molecule has 0 spiro atoms. The number of amides is 2. The number of hydrogen-bond donors (Lipinski definition) is 1. The summed E-state index contributed by atoms with van der Waals surface area (Å²) in [4.78, 5) is 24.7. The van der Waals surface area contributed by atoms with Gasteiger partial charge in [-0.25, -0.2) is 4.79 Å². The van der Waals surface area contributed by atoms with Crippen LogP contribution in [0.2, 0.25) is 0 Å². The minimum Gasteiger partial charge on any atom is -0.444 e. The SMILES string of the molecule is CC(C)(C)OC(=O)N1CCC[C@H]1C[C@@H](C#N)C(N)=O. The van der Waals surface area contributed by atoms with Gasteiger partial charge in [-0.2, -0.15) is 5.26 Å². The van der Waals surface area contributed by atoms with Crippen LogP contribution in [0, 0.1) is 17.2 Å². The number of nitrogens with zero attached hydrogens (tertiary/aromatic N) is 2. The Hall–Kier alpha value is -1.77. The van der Waals surface area contributed by atoms with Crippen molar-refractivity contribution in [2.24, 2.45) is 11.7 Å². The third kappa shape index (κ3) is 4.43. The van der Waals surface area contributed by atoms with Crippen molar-refractivity contribution in [3.63, 3.8) is 0 Å². The van der Waals surface area contributed by atoms with Crippen LogP contribution in [-0.2, 0) is 9.53 Å². The molecule has 6 nitrogen and oxygen atoms in total. The Morgan fingerprint density at radius 3 is 2.63 bits per heavy atom. The molecule has 1 aliphatic heterocycles. The van der Waals surface area contributed by atoms with E-state index in [1.807, 2.05) is 6.07 Å². The van der Waals surface area contributed by atoms with E-state index in [0.29, 0.717) is 6.54 Å². The first-order valence-corrected chi connectivity index (χ1v) is 6.43. The van der Waals surface area contributed by atoms with Crippen LogP contribution in [-0.4, -0.2) is 35.1 Å². The van der Waals surface area contributed by atoms with E-state index in [1.165, 1.54) is 0 Å². The number of ether oxygens (including phenoxy) is 1. The van der Waals surface area contributed by atoms with Gasteiger partial charge in [-0.3, -0.25) is 4.79 Å². The summed E-state index contributed by atoms with van der Waals surface area (Å²) in [6.45, 7) is 6.00. The van der Waals surface area contributed by atoms with Crippen LogP contribution >= 0.6 is 0 Å². The molecule has 1 aliphatic rings. The molecule has 0 aromatic carbocycles. The van der Waals surface area contributed by atoms with Gasteiger partial charge in [0.15, 0.2) is 0 Å². The van der Waals surface area contributed by atoms with Crippen LogP contribution in [0.25, 0.3) is 0 Å². The normalized spacial score (nSPS) is 20.7. The molecule has 0 unspecified atom stereocenters. The molecule has 0 bridgehead atoms. The number of carbonyl (C=O) groups excluding carboxylic acids is 2. The van der Waals surface area contributed by atoms with Gasteiger partial charge in [0.05, 0.1) is 6.07 Å². The summed E-state index contributed by atoms with van der Waals surface area (Å²) in [5.74, 6) is -1.49. The standard InChI is InChI=1S/C13H21N3O3/c1-13(2,3)19-12(18)16-6-4-5-10(16)7-9(8-14)11(15)17/h9-10H,4-7H2,1-3H3,(H2,15,17)/t9-,10-/m0/s1. The van der Waals surface area contributed by atoms with Crippen molar-refractivity contribution in [1.82, 2.24) is 4.90 Å². The molecule has 1 heterocycles. The molecule has 0 aliphatic carbocycles. The third-order valence-corrected chi connectivity index (χ3v) is 3.01. The molecular weight excluding hydrogens is 246 g/mol. The first-order chi connectivity index (χ1) is 8.74. The number of nitriles is 1. The Bertz CT molecular complexity index is 395. The Kier molecular flexibility index (Phi) is 4.76. The third-order valence-electron chi connectivity index (χ3n) is 3.01. The highest BCUT2D eigenvalue weighted by Crippen LogP contribution is 2.25. The lowest BCUT2D eigenvalue weighted by atomic mass is 9.99. The maximum Gasteiger partial charge on any atom is 0.410 e. The predicted molar refractivity (Wildman–Crippen MR) is 68.9 cm³/mol. The van der Waals surface area contributed by atoms with E-state index in [4.69, 9.17) is 15.7 Å². The summed E-state index contributed by atoms with van der Waals surface area (Å²) in [6, 6.07) is 1.74. The zero-order valence-electron chi connectivity index (χ0n) is 11.7. The first-order valence-electron chi connectivity index (χ1n) is 6.43. The molecule has 0 aromatic heterocycles. The highest BCUT2D eigenvalue weighted by atomic mass is 16.6. The van der Waals surface area contributed by atoms with Gasteiger partial charge in [-0.05, 0) is 40.0 Å². The summed E-state index contributed by atoms with van der Waals surface area (Å²) in [5, 5.41) is 8.88. The Labute approximate surface area is 113 Å². The molecule has 0 aromatic rings. The van der Waals surface area contributed by atoms with Crippen molar-refractivity contribution in [1.29, 1.82) is 5.26 Å². The number of primary amides is 1. The van der Waals surface area contributed by atoms with Crippen LogP contribution in [0.15, 0.2) is 0 Å². The monoisotopic (exact) mass is 267 g/mol. The van der Waals surface area contributed by atoms with E-state index in [2.05, 4.69) is 0 Å². The number of likely N-dealkylation sites (tertiary alicyclic amines) is 1. The first kappa shape index (κ1) is 15.3. The van der Waals surface area contributed by atoms with Crippen molar-refractivity contribution in [2.45, 2.75) is 51.7 Å². The smallest absolute Gasteiger partial charge is 0.410 e. The van der Waals surface area contributed by atoms with Crippen LogP contribution in [0.3, 0.4) is 0 Å². The molecule has 0 radical (unpaired) electrons. The second-order valence-corrected chi connectivity index (χ2v) is 5.79. The Morgan fingerprint density at radius 1 is 1.53 bits per heavy atom. The molecule has 19 heavy (non-hydrogen) atoms. The lowest BCUT2D eigenvalue weighted by molar-refractivity contribution is -0.120. The van der Waals surface area contributed by atoms with E-state index in [0.717, 1.165) is 12.8 Å². The van der Waals surface area contributed by atoms with Gasteiger partial charge in [0.2, 0.25) is 5.91 Å². The average molecular weight is 267 g/mol. The summed E-state index contributed by atoms with van der Waals surface area (Å²) >= 11 is 0. The molecule has 1 saturated heterocycles. The van der Waals surface area contributed by atoms with Crippen LogP contribution in [0.1, 0.15) is 40.0 Å². The molecule has 6 heteroatoms. The average Bonchev–Trinajstić information content (AvgIpc) is 2.70. The largest absolute Gasteiger partial charge is 0.444 e. The highest BCUT2D eigenvalue weighted by molar-refractivity contribution is 5.79. The van der Waals surface area contributed by atoms with Gasteiger partial charge < -0.3 is 15.4 Å². The lowest BCUT2D eigenvalue weighted by Crippen LogP contribution is -2.41. The van der Waals surface area contributed by atoms with Gasteiger partial charge in [-0.1, -0.05) is 0 Å². The highest BCUT2D eigenvalue weighted by Gasteiger charge is 2.34. The lowest BCUT2D eigenvalue weighted by Gasteiger charge is -2.29. The summed E-state index contributed by atoms with van der Waals surface area (Å²) < 4.78 is 5.32. The topological polar surface area (TPSA) is 96.4 Å². The fourth-order valence-corrected chi connectivity index (χ4v) is 2.15. The molecule has 1 rings (SSSR count). The van der Waals surface area contributed by atoms with Crippen LogP contribution in [0.4, 0.5) is 4.79 Å². The summed E-state index contributed by atoms with van der Waals surface area (Å²) in [6.07, 6.45) is 1.51. The van der Waals surface area contributed by atoms with Gasteiger partial charge in [0, 0.05) is 12.6 Å². The minimum absolute atomic E-state index is 0.146. The van der Waals surface area contributed by atoms with Crippen molar-refractivity contribution < 1.29 is 14.3 Å². The Balaban J connectivity index is 2.67. The van der Waals surface area contributed by atoms with Gasteiger partial charge in [0.1, 0.15) is 11.5 Å². The molecule has 2 atom stereocenters. The molecule has 2 N–H and O–H groups in total. The maximum absolute atomic E-state index is 12.0. The van der Waals surface area contributed by atoms with Crippen molar-refractivity contribution in [3.05, 3.63) is 0 Å². The number of nitrogens with two attached hydrogens (primary N) is 1. The minimum atomic E-state index is -0.854. The fraction of sp³-hybridized carbons (Fsp3) is 0.769. The number of rotatable bonds is 3. The second-order valence-electron chi connectivity index (χ2n) is 5.79.